The number of imidazole rings is 2. The molecular formula is C18H22N12O4. The zero-order valence-corrected chi connectivity index (χ0v) is 18.1. The Kier molecular flexibility index (Phi) is 6.37. The Morgan fingerprint density at radius 1 is 0.676 bits per heavy atom. The van der Waals surface area contributed by atoms with Crippen molar-refractivity contribution in [2.45, 2.75) is 51.6 Å². The zero-order valence-electron chi connectivity index (χ0n) is 18.1. The number of aryl methyl sites for hydroxylation is 2. The molecule has 0 aliphatic rings. The lowest BCUT2D eigenvalue weighted by atomic mass is 10.1. The molecule has 0 spiro atoms. The molecule has 0 aliphatic carbocycles. The molecule has 4 heterocycles. The van der Waals surface area contributed by atoms with Crippen molar-refractivity contribution in [1.82, 2.24) is 48.8 Å². The summed E-state index contributed by atoms with van der Waals surface area (Å²) in [5.41, 5.74) is 9.42. The number of primary amides is 2. The van der Waals surface area contributed by atoms with Gasteiger partial charge in [-0.2, -0.15) is 9.36 Å². The van der Waals surface area contributed by atoms with E-state index < -0.39 is 23.2 Å². The van der Waals surface area contributed by atoms with Gasteiger partial charge >= 0.3 is 11.4 Å². The van der Waals surface area contributed by atoms with Gasteiger partial charge < -0.3 is 11.5 Å². The van der Waals surface area contributed by atoms with Gasteiger partial charge in [-0.15, -0.1) is 10.2 Å². The number of fused-ring (bicyclic) bond motifs is 2. The highest BCUT2D eigenvalue weighted by Gasteiger charge is 2.16. The van der Waals surface area contributed by atoms with Gasteiger partial charge in [-0.1, -0.05) is 36.1 Å². The van der Waals surface area contributed by atoms with Crippen molar-refractivity contribution < 1.29 is 9.59 Å². The lowest BCUT2D eigenvalue weighted by Gasteiger charge is -2.05. The third kappa shape index (κ3) is 4.37. The predicted octanol–water partition coefficient (Wildman–Crippen LogP) is -1.88. The van der Waals surface area contributed by atoms with E-state index >= 15 is 0 Å². The minimum atomic E-state index is -0.773. The first-order valence-corrected chi connectivity index (χ1v) is 10.6. The van der Waals surface area contributed by atoms with Gasteiger partial charge in [0.25, 0.3) is 11.8 Å². The maximum Gasteiger partial charge on any atom is 0.352 e. The van der Waals surface area contributed by atoms with Crippen molar-refractivity contribution in [2.24, 2.45) is 11.5 Å². The Morgan fingerprint density at radius 3 is 1.44 bits per heavy atom. The van der Waals surface area contributed by atoms with Crippen LogP contribution in [0.4, 0.5) is 0 Å². The highest BCUT2D eigenvalue weighted by Crippen LogP contribution is 2.07. The Morgan fingerprint density at radius 2 is 1.06 bits per heavy atom. The molecule has 0 saturated heterocycles. The van der Waals surface area contributed by atoms with Gasteiger partial charge in [0.15, 0.2) is 22.7 Å². The molecule has 34 heavy (non-hydrogen) atoms. The molecule has 16 nitrogen and oxygen atoms in total. The molecular weight excluding hydrogens is 448 g/mol. The standard InChI is InChI=1S/C18H22N12O4/c19-13(31)11-15-23-25-29(17(33)27(15)9-21-11)7-5-3-1-2-4-6-8-30-18(34)28-10-22-12(14(20)32)16(28)24-26-30/h9-10H,1-8H2,(H2,19,31)(H2,20,32). The molecule has 0 atom stereocenters. The van der Waals surface area contributed by atoms with Gasteiger partial charge in [-0.05, 0) is 12.8 Å². The monoisotopic (exact) mass is 470 g/mol. The second kappa shape index (κ2) is 9.55. The third-order valence-corrected chi connectivity index (χ3v) is 5.29. The van der Waals surface area contributed by atoms with Crippen LogP contribution in [0.2, 0.25) is 0 Å². The molecule has 2 amide bonds. The summed E-state index contributed by atoms with van der Waals surface area (Å²) in [4.78, 5) is 55.0. The summed E-state index contributed by atoms with van der Waals surface area (Å²) in [6.45, 7) is 0.768. The van der Waals surface area contributed by atoms with Crippen LogP contribution in [0, 0.1) is 0 Å². The number of aromatic nitrogens is 10. The van der Waals surface area contributed by atoms with Gasteiger partial charge in [-0.3, -0.25) is 9.59 Å². The van der Waals surface area contributed by atoms with Crippen LogP contribution < -0.4 is 22.8 Å². The minimum Gasteiger partial charge on any atom is -0.364 e. The van der Waals surface area contributed by atoms with E-state index in [0.29, 0.717) is 13.1 Å². The van der Waals surface area contributed by atoms with Gasteiger partial charge in [-0.25, -0.2) is 28.4 Å². The maximum atomic E-state index is 12.4. The smallest absolute Gasteiger partial charge is 0.352 e. The first kappa shape index (κ1) is 22.7. The molecule has 0 aliphatic heterocycles. The molecule has 4 aromatic heterocycles. The van der Waals surface area contributed by atoms with Crippen LogP contribution in [0.25, 0.3) is 11.3 Å². The van der Waals surface area contributed by atoms with E-state index in [2.05, 4.69) is 30.6 Å². The molecule has 4 aromatic rings. The fourth-order valence-electron chi connectivity index (χ4n) is 3.53. The second-order valence-electron chi connectivity index (χ2n) is 7.61. The number of amides is 2. The zero-order chi connectivity index (χ0) is 24.2. The van der Waals surface area contributed by atoms with Crippen LogP contribution in [-0.4, -0.2) is 60.6 Å². The molecule has 0 saturated carbocycles. The first-order valence-electron chi connectivity index (χ1n) is 10.6. The van der Waals surface area contributed by atoms with E-state index in [4.69, 9.17) is 11.5 Å². The summed E-state index contributed by atoms with van der Waals surface area (Å²) in [6.07, 6.45) is 7.48. The number of carbonyl (C=O) groups excluding carboxylic acids is 2. The van der Waals surface area contributed by atoms with E-state index in [9.17, 15) is 19.2 Å². The molecule has 0 bridgehead atoms. The highest BCUT2D eigenvalue weighted by molar-refractivity contribution is 5.97. The number of nitrogens with two attached hydrogens (primary N) is 2. The average molecular weight is 470 g/mol. The predicted molar refractivity (Wildman–Crippen MR) is 115 cm³/mol. The number of carbonyl (C=O) groups is 2. The van der Waals surface area contributed by atoms with Gasteiger partial charge in [0.05, 0.1) is 0 Å². The minimum absolute atomic E-state index is 0.0399. The Balaban J connectivity index is 1.20. The van der Waals surface area contributed by atoms with Gasteiger partial charge in [0.1, 0.15) is 12.7 Å². The Labute approximate surface area is 190 Å². The van der Waals surface area contributed by atoms with Crippen LogP contribution in [0.1, 0.15) is 59.5 Å². The van der Waals surface area contributed by atoms with Crippen molar-refractivity contribution >= 4 is 23.1 Å². The van der Waals surface area contributed by atoms with Crippen LogP contribution in [0.3, 0.4) is 0 Å². The quantitative estimate of drug-likeness (QED) is 0.232. The number of hydrogen-bond donors (Lipinski definition) is 2. The summed E-state index contributed by atoms with van der Waals surface area (Å²) in [7, 11) is 0. The molecule has 178 valence electrons. The van der Waals surface area contributed by atoms with Gasteiger partial charge in [0.2, 0.25) is 0 Å². The summed E-state index contributed by atoms with van der Waals surface area (Å²) >= 11 is 0. The first-order chi connectivity index (χ1) is 16.4. The molecule has 4 N–H and O–H groups in total. The Hall–Kier alpha value is -4.50. The van der Waals surface area contributed by atoms with E-state index in [1.165, 1.54) is 22.0 Å². The fourth-order valence-corrected chi connectivity index (χ4v) is 3.53. The SMILES string of the molecule is NC(=O)c1ncn2c(=O)n(CCCCCCCCn3nnc4c(C(N)=O)ncn4c3=O)nnc12. The van der Waals surface area contributed by atoms with Crippen molar-refractivity contribution in [3.05, 3.63) is 45.0 Å². The fraction of sp³-hybridized carbons (Fsp3) is 0.444. The summed E-state index contributed by atoms with van der Waals surface area (Å²) in [6, 6.07) is 0. The van der Waals surface area contributed by atoms with E-state index in [0.717, 1.165) is 47.3 Å². The average Bonchev–Trinajstić information content (AvgIpc) is 3.43. The maximum absolute atomic E-state index is 12.4. The molecule has 0 aromatic carbocycles. The number of rotatable bonds is 11. The van der Waals surface area contributed by atoms with Crippen LogP contribution in [-0.2, 0) is 13.1 Å². The summed E-state index contributed by atoms with van der Waals surface area (Å²) in [5, 5.41) is 15.4. The van der Waals surface area contributed by atoms with Crippen LogP contribution in [0.5, 0.6) is 0 Å². The van der Waals surface area contributed by atoms with E-state index in [1.807, 2.05) is 0 Å². The molecule has 0 fully saturated rings. The number of nitrogens with zero attached hydrogens (tertiary/aromatic N) is 10. The van der Waals surface area contributed by atoms with E-state index in [-0.39, 0.29) is 22.7 Å². The highest BCUT2D eigenvalue weighted by atomic mass is 16.2. The van der Waals surface area contributed by atoms with Crippen molar-refractivity contribution in [3.63, 3.8) is 0 Å². The van der Waals surface area contributed by atoms with Crippen LogP contribution >= 0.6 is 0 Å². The normalized spacial score (nSPS) is 11.4. The molecule has 0 radical (unpaired) electrons. The number of unbranched alkanes of at least 4 members (excludes halogenated alkanes) is 5. The largest absolute Gasteiger partial charge is 0.364 e. The number of hydrogen-bond acceptors (Lipinski definition) is 10. The van der Waals surface area contributed by atoms with E-state index in [1.54, 1.807) is 0 Å². The van der Waals surface area contributed by atoms with Crippen molar-refractivity contribution in [2.75, 3.05) is 0 Å². The third-order valence-electron chi connectivity index (χ3n) is 5.29. The summed E-state index contributed by atoms with van der Waals surface area (Å²) < 4.78 is 4.74. The lowest BCUT2D eigenvalue weighted by molar-refractivity contribution is 0.0989. The van der Waals surface area contributed by atoms with Gasteiger partial charge in [0, 0.05) is 13.1 Å². The summed E-state index contributed by atoms with van der Waals surface area (Å²) in [5.74, 6) is -1.55. The lowest BCUT2D eigenvalue weighted by Crippen LogP contribution is -2.30. The Bertz CT molecular complexity index is 1370. The van der Waals surface area contributed by atoms with Crippen molar-refractivity contribution in [3.8, 4) is 0 Å². The molecule has 16 heteroatoms. The second-order valence-corrected chi connectivity index (χ2v) is 7.61. The van der Waals surface area contributed by atoms with Crippen LogP contribution in [0.15, 0.2) is 22.2 Å². The topological polar surface area (TPSA) is 216 Å². The molecule has 0 unspecified atom stereocenters. The molecule has 4 rings (SSSR count). The van der Waals surface area contributed by atoms with Crippen molar-refractivity contribution in [1.29, 1.82) is 0 Å².